The number of nitrogens with zero attached hydrogens (tertiary/aromatic N) is 1. The summed E-state index contributed by atoms with van der Waals surface area (Å²) in [5.41, 5.74) is 0. The van der Waals surface area contributed by atoms with E-state index in [0.717, 1.165) is 0 Å². The molecular formula is C6H8Cl3N2O3S+. The monoisotopic (exact) mass is 293 g/mol. The van der Waals surface area contributed by atoms with Crippen LogP contribution in [0.5, 0.6) is 0 Å². The van der Waals surface area contributed by atoms with Gasteiger partial charge in [-0.15, -0.1) is 0 Å². The normalized spacial score (nSPS) is 13.1. The molecule has 0 aliphatic heterocycles. The van der Waals surface area contributed by atoms with Crippen LogP contribution in [-0.2, 0) is 21.3 Å². The van der Waals surface area contributed by atoms with Crippen LogP contribution in [0.15, 0.2) is 17.6 Å². The molecule has 0 aliphatic rings. The molecule has 0 aromatic carbocycles. The van der Waals surface area contributed by atoms with Crippen molar-refractivity contribution in [1.29, 1.82) is 0 Å². The third-order valence-electron chi connectivity index (χ3n) is 1.44. The van der Waals surface area contributed by atoms with E-state index in [1.54, 1.807) is 7.05 Å². The number of alkyl halides is 3. The first kappa shape index (κ1) is 13.1. The molecule has 0 bridgehead atoms. The lowest BCUT2D eigenvalue weighted by atomic mass is 10.9. The predicted octanol–water partition coefficient (Wildman–Crippen LogP) is 0.915. The van der Waals surface area contributed by atoms with E-state index in [-0.39, 0.29) is 5.16 Å². The molecule has 0 saturated heterocycles. The van der Waals surface area contributed by atoms with Crippen LogP contribution in [0.25, 0.3) is 0 Å². The Morgan fingerprint density at radius 3 is 2.53 bits per heavy atom. The highest BCUT2D eigenvalue weighted by Gasteiger charge is 2.31. The predicted molar refractivity (Wildman–Crippen MR) is 55.4 cm³/mol. The van der Waals surface area contributed by atoms with E-state index in [0.29, 0.717) is 0 Å². The highest BCUT2D eigenvalue weighted by Crippen LogP contribution is 2.27. The smallest absolute Gasteiger partial charge is 0.256 e. The van der Waals surface area contributed by atoms with Gasteiger partial charge < -0.3 is 0 Å². The molecule has 15 heavy (non-hydrogen) atoms. The van der Waals surface area contributed by atoms with Crippen molar-refractivity contribution in [3.05, 3.63) is 12.4 Å². The SMILES string of the molecule is C[n+]1cc[nH]c1S(=O)(=O)OCC(Cl)(Cl)Cl. The Hall–Kier alpha value is -0.0100. The zero-order valence-electron chi connectivity index (χ0n) is 7.58. The Bertz CT molecular complexity index is 437. The van der Waals surface area contributed by atoms with Gasteiger partial charge >= 0.3 is 15.3 Å². The van der Waals surface area contributed by atoms with Crippen molar-refractivity contribution in [3.8, 4) is 0 Å². The Morgan fingerprint density at radius 2 is 2.13 bits per heavy atom. The van der Waals surface area contributed by atoms with Crippen LogP contribution in [0.1, 0.15) is 0 Å². The van der Waals surface area contributed by atoms with Crippen molar-refractivity contribution in [3.63, 3.8) is 0 Å². The van der Waals surface area contributed by atoms with Gasteiger partial charge in [0, 0.05) is 0 Å². The van der Waals surface area contributed by atoms with Crippen molar-refractivity contribution < 1.29 is 17.2 Å². The van der Waals surface area contributed by atoms with E-state index < -0.39 is 20.5 Å². The molecule has 5 nitrogen and oxygen atoms in total. The van der Waals surface area contributed by atoms with E-state index in [1.807, 2.05) is 0 Å². The van der Waals surface area contributed by atoms with Gasteiger partial charge in [-0.1, -0.05) is 34.8 Å². The van der Waals surface area contributed by atoms with Gasteiger partial charge in [0.2, 0.25) is 3.79 Å². The lowest BCUT2D eigenvalue weighted by Gasteiger charge is -2.09. The van der Waals surface area contributed by atoms with Gasteiger partial charge in [-0.05, 0) is 0 Å². The number of aromatic nitrogens is 2. The molecule has 1 aromatic rings. The van der Waals surface area contributed by atoms with E-state index >= 15 is 0 Å². The number of hydrogen-bond acceptors (Lipinski definition) is 3. The molecule has 1 rings (SSSR count). The van der Waals surface area contributed by atoms with Gasteiger partial charge in [-0.2, -0.15) is 8.42 Å². The van der Waals surface area contributed by atoms with Crippen molar-refractivity contribution in [2.45, 2.75) is 8.95 Å². The van der Waals surface area contributed by atoms with Crippen LogP contribution in [-0.4, -0.2) is 23.8 Å². The lowest BCUT2D eigenvalue weighted by molar-refractivity contribution is -0.709. The molecule has 1 N–H and O–H groups in total. The lowest BCUT2D eigenvalue weighted by Crippen LogP contribution is -2.34. The van der Waals surface area contributed by atoms with Crippen LogP contribution in [0, 0.1) is 0 Å². The molecule has 0 spiro atoms. The molecule has 0 aliphatic carbocycles. The number of halogens is 3. The van der Waals surface area contributed by atoms with Crippen molar-refractivity contribution in [2.75, 3.05) is 6.61 Å². The average molecular weight is 295 g/mol. The van der Waals surface area contributed by atoms with Gasteiger partial charge in [-0.3, -0.25) is 4.18 Å². The second kappa shape index (κ2) is 4.47. The minimum absolute atomic E-state index is 0.114. The summed E-state index contributed by atoms with van der Waals surface area (Å²) in [5, 5.41) is -0.114. The number of imidazole rings is 1. The molecule has 0 atom stereocenters. The standard InChI is InChI=1S/C6H7Cl3N2O3S/c1-11-3-2-10-5(11)15(12,13)14-4-6(7,8)9/h2-3H,4H2,1H3/p+1. The molecule has 0 unspecified atom stereocenters. The van der Waals surface area contributed by atoms with E-state index in [2.05, 4.69) is 9.17 Å². The maximum atomic E-state index is 11.5. The number of rotatable bonds is 3. The van der Waals surface area contributed by atoms with E-state index in [9.17, 15) is 8.42 Å². The van der Waals surface area contributed by atoms with Crippen LogP contribution in [0.2, 0.25) is 0 Å². The highest BCUT2D eigenvalue weighted by molar-refractivity contribution is 7.86. The summed E-state index contributed by atoms with van der Waals surface area (Å²) in [6.45, 7) is -0.543. The number of aryl methyl sites for hydroxylation is 1. The Labute approximate surface area is 102 Å². The minimum Gasteiger partial charge on any atom is -0.256 e. The largest absolute Gasteiger partial charge is 0.400 e. The summed E-state index contributed by atoms with van der Waals surface area (Å²) in [5.74, 6) is 0. The van der Waals surface area contributed by atoms with Gasteiger partial charge in [0.25, 0.3) is 0 Å². The maximum absolute atomic E-state index is 11.5. The molecular weight excluding hydrogens is 287 g/mol. The van der Waals surface area contributed by atoms with E-state index in [4.69, 9.17) is 34.8 Å². The second-order valence-electron chi connectivity index (χ2n) is 2.71. The van der Waals surface area contributed by atoms with Crippen LogP contribution >= 0.6 is 34.8 Å². The summed E-state index contributed by atoms with van der Waals surface area (Å²) in [7, 11) is -2.38. The zero-order chi connectivity index (χ0) is 11.7. The minimum atomic E-state index is -3.93. The fourth-order valence-electron chi connectivity index (χ4n) is 0.839. The first-order chi connectivity index (χ1) is 6.72. The van der Waals surface area contributed by atoms with Gasteiger partial charge in [0.05, 0.1) is 7.05 Å². The summed E-state index contributed by atoms with van der Waals surface area (Å²) in [6.07, 6.45) is 2.97. The summed E-state index contributed by atoms with van der Waals surface area (Å²) >= 11 is 16.1. The Balaban J connectivity index is 2.82. The third-order valence-corrected chi connectivity index (χ3v) is 3.07. The number of hydrogen-bond donors (Lipinski definition) is 1. The molecule has 0 saturated carbocycles. The Kier molecular flexibility index (Phi) is 3.89. The van der Waals surface area contributed by atoms with E-state index in [1.165, 1.54) is 17.0 Å². The van der Waals surface area contributed by atoms with Crippen LogP contribution in [0.3, 0.4) is 0 Å². The molecule has 1 heterocycles. The Morgan fingerprint density at radius 1 is 1.53 bits per heavy atom. The third kappa shape index (κ3) is 3.81. The van der Waals surface area contributed by atoms with Gasteiger partial charge in [0.15, 0.2) is 0 Å². The fraction of sp³-hybridized carbons (Fsp3) is 0.500. The van der Waals surface area contributed by atoms with Crippen LogP contribution < -0.4 is 4.57 Å². The van der Waals surface area contributed by atoms with Crippen LogP contribution in [0.4, 0.5) is 0 Å². The number of nitrogens with one attached hydrogen (secondary N) is 1. The van der Waals surface area contributed by atoms with Crippen molar-refractivity contribution in [2.24, 2.45) is 7.05 Å². The number of H-pyrrole nitrogens is 1. The first-order valence-corrected chi connectivity index (χ1v) is 6.26. The molecule has 0 fully saturated rings. The van der Waals surface area contributed by atoms with Gasteiger partial charge in [-0.25, -0.2) is 9.55 Å². The average Bonchev–Trinajstić information content (AvgIpc) is 2.47. The quantitative estimate of drug-likeness (QED) is 0.512. The summed E-state index contributed by atoms with van der Waals surface area (Å²) in [4.78, 5) is 2.50. The van der Waals surface area contributed by atoms with Crippen molar-refractivity contribution in [1.82, 2.24) is 4.98 Å². The molecule has 9 heteroatoms. The maximum Gasteiger partial charge on any atom is 0.400 e. The second-order valence-corrected chi connectivity index (χ2v) is 6.75. The van der Waals surface area contributed by atoms with Crippen molar-refractivity contribution >= 4 is 44.9 Å². The highest BCUT2D eigenvalue weighted by atomic mass is 35.6. The fourth-order valence-corrected chi connectivity index (χ4v) is 2.27. The van der Waals surface area contributed by atoms with Gasteiger partial charge in [0.1, 0.15) is 19.0 Å². The first-order valence-electron chi connectivity index (χ1n) is 3.71. The summed E-state index contributed by atoms with van der Waals surface area (Å²) in [6, 6.07) is 0. The molecule has 0 amide bonds. The molecule has 1 aromatic heterocycles. The molecule has 0 radical (unpaired) electrons. The number of aromatic amines is 1. The molecule has 86 valence electrons. The topological polar surface area (TPSA) is 63.0 Å². The summed E-state index contributed by atoms with van der Waals surface area (Å²) < 4.78 is 27.1. The zero-order valence-corrected chi connectivity index (χ0v) is 10.7.